The van der Waals surface area contributed by atoms with Gasteiger partial charge in [0.1, 0.15) is 0 Å². The van der Waals surface area contributed by atoms with Gasteiger partial charge in [-0.15, -0.1) is 11.5 Å². The third-order valence-corrected chi connectivity index (χ3v) is 3.09. The quantitative estimate of drug-likeness (QED) is 0.677. The lowest BCUT2D eigenvalue weighted by Crippen LogP contribution is -2.48. The van der Waals surface area contributed by atoms with Crippen molar-refractivity contribution >= 4 is 5.91 Å². The van der Waals surface area contributed by atoms with Gasteiger partial charge in [0.25, 0.3) is 5.91 Å². The van der Waals surface area contributed by atoms with E-state index in [1.807, 2.05) is 0 Å². The number of terminal acetylenes is 1. The predicted molar refractivity (Wildman–Crippen MR) is 70.3 cm³/mol. The fraction of sp³-hybridized carbons (Fsp3) is 0.583. The Morgan fingerprint density at radius 3 is 2.79 bits per heavy atom. The van der Waals surface area contributed by atoms with Crippen molar-refractivity contribution in [3.8, 4) is 12.3 Å². The molecule has 2 N–H and O–H groups in total. The first-order valence-electron chi connectivity index (χ1n) is 6.30. The van der Waals surface area contributed by atoms with Crippen LogP contribution < -0.4 is 5.73 Å². The minimum atomic E-state index is -0.0800. The van der Waals surface area contributed by atoms with Crippen molar-refractivity contribution in [3.05, 3.63) is 11.9 Å². The van der Waals surface area contributed by atoms with Gasteiger partial charge in [0.05, 0.1) is 19.3 Å². The van der Waals surface area contributed by atoms with Gasteiger partial charge in [-0.25, -0.2) is 0 Å². The van der Waals surface area contributed by atoms with Crippen molar-refractivity contribution in [2.24, 2.45) is 5.73 Å². The van der Waals surface area contributed by atoms with Gasteiger partial charge in [-0.05, 0) is 0 Å². The molecule has 2 rings (SSSR count). The third-order valence-electron chi connectivity index (χ3n) is 3.09. The van der Waals surface area contributed by atoms with E-state index in [9.17, 15) is 4.79 Å². The van der Waals surface area contributed by atoms with E-state index < -0.39 is 0 Å². The Morgan fingerprint density at radius 2 is 2.16 bits per heavy atom. The Labute approximate surface area is 112 Å². The number of rotatable bonds is 4. The van der Waals surface area contributed by atoms with Crippen LogP contribution in [0.25, 0.3) is 0 Å². The Morgan fingerprint density at radius 1 is 1.42 bits per heavy atom. The Bertz CT molecular complexity index is 469. The molecule has 1 aliphatic heterocycles. The van der Waals surface area contributed by atoms with E-state index in [0.29, 0.717) is 38.4 Å². The molecule has 0 unspecified atom stereocenters. The van der Waals surface area contributed by atoms with Gasteiger partial charge in [0.2, 0.25) is 0 Å². The van der Waals surface area contributed by atoms with Crippen LogP contribution >= 0.6 is 0 Å². The first kappa shape index (κ1) is 13.5. The molecule has 7 nitrogen and oxygen atoms in total. The van der Waals surface area contributed by atoms with Crippen LogP contribution in [0.2, 0.25) is 0 Å². The summed E-state index contributed by atoms with van der Waals surface area (Å²) in [5.41, 5.74) is 5.80. The summed E-state index contributed by atoms with van der Waals surface area (Å²) in [5.74, 6) is 2.54. The van der Waals surface area contributed by atoms with Gasteiger partial charge < -0.3 is 10.6 Å². The van der Waals surface area contributed by atoms with Gasteiger partial charge in [0.15, 0.2) is 5.69 Å². The molecule has 0 aromatic carbocycles. The smallest absolute Gasteiger partial charge is 0.276 e. The normalized spacial score (nSPS) is 16.3. The molecule has 1 fully saturated rings. The molecular formula is C12H18N6O. The van der Waals surface area contributed by atoms with Gasteiger partial charge in [-0.3, -0.25) is 14.4 Å². The highest BCUT2D eigenvalue weighted by Crippen LogP contribution is 2.06. The van der Waals surface area contributed by atoms with Crippen molar-refractivity contribution in [3.63, 3.8) is 0 Å². The van der Waals surface area contributed by atoms with E-state index in [2.05, 4.69) is 21.1 Å². The number of hydrogen-bond donors (Lipinski definition) is 1. The maximum atomic E-state index is 12.2. The third kappa shape index (κ3) is 3.30. The van der Waals surface area contributed by atoms with Gasteiger partial charge in [-0.2, -0.15) is 0 Å². The molecule has 0 spiro atoms. The molecule has 2 heterocycles. The van der Waals surface area contributed by atoms with E-state index in [1.165, 1.54) is 0 Å². The summed E-state index contributed by atoms with van der Waals surface area (Å²) in [4.78, 5) is 16.1. The van der Waals surface area contributed by atoms with Gasteiger partial charge in [-0.1, -0.05) is 11.1 Å². The lowest BCUT2D eigenvalue weighted by atomic mass is 10.3. The molecule has 19 heavy (non-hydrogen) atoms. The number of aromatic nitrogens is 3. The number of amides is 1. The summed E-state index contributed by atoms with van der Waals surface area (Å²) in [6.45, 7) is 4.61. The maximum Gasteiger partial charge on any atom is 0.276 e. The molecule has 1 saturated heterocycles. The Kier molecular flexibility index (Phi) is 4.49. The molecule has 7 heteroatoms. The number of piperazine rings is 1. The van der Waals surface area contributed by atoms with E-state index in [-0.39, 0.29) is 5.91 Å². The van der Waals surface area contributed by atoms with Crippen LogP contribution in [0.5, 0.6) is 0 Å². The first-order valence-corrected chi connectivity index (χ1v) is 6.30. The average Bonchev–Trinajstić information content (AvgIpc) is 2.88. The van der Waals surface area contributed by atoms with Crippen LogP contribution in [0.1, 0.15) is 10.5 Å². The summed E-state index contributed by atoms with van der Waals surface area (Å²) in [6, 6.07) is 0. The SMILES string of the molecule is C#CCN1CCN(C(=O)c2cn(CCN)nn2)CC1. The zero-order valence-corrected chi connectivity index (χ0v) is 10.8. The summed E-state index contributed by atoms with van der Waals surface area (Å²) in [6.07, 6.45) is 6.91. The number of nitrogens with two attached hydrogens (primary N) is 1. The fourth-order valence-electron chi connectivity index (χ4n) is 2.04. The summed E-state index contributed by atoms with van der Waals surface area (Å²) >= 11 is 0. The Hall–Kier alpha value is -1.91. The summed E-state index contributed by atoms with van der Waals surface area (Å²) in [5, 5.41) is 7.75. The number of carbonyl (C=O) groups is 1. The highest BCUT2D eigenvalue weighted by Gasteiger charge is 2.23. The molecule has 0 saturated carbocycles. The zero-order valence-electron chi connectivity index (χ0n) is 10.8. The molecule has 0 aliphatic carbocycles. The predicted octanol–water partition coefficient (Wildman–Crippen LogP) is -1.37. The highest BCUT2D eigenvalue weighted by molar-refractivity contribution is 5.92. The first-order chi connectivity index (χ1) is 9.24. The van der Waals surface area contributed by atoms with Gasteiger partial charge in [0, 0.05) is 32.7 Å². The lowest BCUT2D eigenvalue weighted by Gasteiger charge is -2.33. The molecule has 1 amide bonds. The van der Waals surface area contributed by atoms with E-state index in [1.54, 1.807) is 15.8 Å². The topological polar surface area (TPSA) is 80.3 Å². The summed E-state index contributed by atoms with van der Waals surface area (Å²) < 4.78 is 1.59. The second kappa shape index (κ2) is 6.31. The van der Waals surface area contributed by atoms with Crippen molar-refractivity contribution in [2.75, 3.05) is 39.3 Å². The monoisotopic (exact) mass is 262 g/mol. The average molecular weight is 262 g/mol. The number of hydrogen-bond acceptors (Lipinski definition) is 5. The molecule has 0 bridgehead atoms. The van der Waals surface area contributed by atoms with Crippen molar-refractivity contribution in [1.82, 2.24) is 24.8 Å². The molecule has 0 radical (unpaired) electrons. The van der Waals surface area contributed by atoms with E-state index in [0.717, 1.165) is 13.1 Å². The minimum absolute atomic E-state index is 0.0800. The molecule has 102 valence electrons. The Balaban J connectivity index is 1.91. The highest BCUT2D eigenvalue weighted by atomic mass is 16.2. The molecule has 1 aromatic heterocycles. The zero-order chi connectivity index (χ0) is 13.7. The van der Waals surface area contributed by atoms with E-state index >= 15 is 0 Å². The van der Waals surface area contributed by atoms with E-state index in [4.69, 9.17) is 12.2 Å². The van der Waals surface area contributed by atoms with Crippen molar-refractivity contribution in [1.29, 1.82) is 0 Å². The molecule has 0 atom stereocenters. The van der Waals surface area contributed by atoms with Gasteiger partial charge >= 0.3 is 0 Å². The van der Waals surface area contributed by atoms with Crippen LogP contribution in [-0.4, -0.2) is 70.0 Å². The van der Waals surface area contributed by atoms with Crippen molar-refractivity contribution < 1.29 is 4.79 Å². The summed E-state index contributed by atoms with van der Waals surface area (Å²) in [7, 11) is 0. The van der Waals surface area contributed by atoms with Crippen LogP contribution in [0, 0.1) is 12.3 Å². The lowest BCUT2D eigenvalue weighted by molar-refractivity contribution is 0.0646. The second-order valence-corrected chi connectivity index (χ2v) is 4.43. The van der Waals surface area contributed by atoms with Crippen LogP contribution in [0.4, 0.5) is 0 Å². The standard InChI is InChI=1S/C12H18N6O/c1-2-4-16-6-8-17(9-7-16)12(19)11-10-18(5-3-13)15-14-11/h1,10H,3-9,13H2. The maximum absolute atomic E-state index is 12.2. The van der Waals surface area contributed by atoms with Crippen LogP contribution in [0.3, 0.4) is 0 Å². The van der Waals surface area contributed by atoms with Crippen LogP contribution in [0.15, 0.2) is 6.20 Å². The minimum Gasteiger partial charge on any atom is -0.335 e. The van der Waals surface area contributed by atoms with Crippen molar-refractivity contribution in [2.45, 2.75) is 6.54 Å². The second-order valence-electron chi connectivity index (χ2n) is 4.43. The number of nitrogens with zero attached hydrogens (tertiary/aromatic N) is 5. The molecule has 1 aromatic rings. The largest absolute Gasteiger partial charge is 0.335 e. The molecule has 1 aliphatic rings. The number of carbonyl (C=O) groups excluding carboxylic acids is 1. The fourth-order valence-corrected chi connectivity index (χ4v) is 2.04. The molecular weight excluding hydrogens is 244 g/mol. The van der Waals surface area contributed by atoms with Crippen LogP contribution in [-0.2, 0) is 6.54 Å².